The van der Waals surface area contributed by atoms with Crippen LogP contribution in [-0.2, 0) is 19.1 Å². The molecule has 0 radical (unpaired) electrons. The summed E-state index contributed by atoms with van der Waals surface area (Å²) >= 11 is 0. The van der Waals surface area contributed by atoms with E-state index in [1.165, 1.54) is 19.2 Å². The van der Waals surface area contributed by atoms with Gasteiger partial charge in [-0.25, -0.2) is 4.39 Å². The van der Waals surface area contributed by atoms with Crippen molar-refractivity contribution in [2.45, 2.75) is 45.1 Å². The predicted molar refractivity (Wildman–Crippen MR) is 98.1 cm³/mol. The molecule has 148 valence electrons. The Kier molecular flexibility index (Phi) is 7.76. The van der Waals surface area contributed by atoms with Crippen molar-refractivity contribution in [2.24, 2.45) is 5.92 Å². The number of halogens is 1. The van der Waals surface area contributed by atoms with Gasteiger partial charge in [0.2, 0.25) is 11.8 Å². The summed E-state index contributed by atoms with van der Waals surface area (Å²) in [6.45, 7) is 3.10. The van der Waals surface area contributed by atoms with Crippen LogP contribution in [0, 0.1) is 11.7 Å². The molecule has 1 aliphatic heterocycles. The normalized spacial score (nSPS) is 15.9. The molecule has 6 nitrogen and oxygen atoms in total. The van der Waals surface area contributed by atoms with Gasteiger partial charge in [0, 0.05) is 25.4 Å². The zero-order chi connectivity index (χ0) is 19.8. The molecule has 1 saturated heterocycles. The SMILES string of the molecule is CCCC(=O)N1CCC(C(=O)NC(CC(=O)OC)c2ccc(F)cc2)CC1. The molecule has 7 heteroatoms. The maximum Gasteiger partial charge on any atom is 0.307 e. The molecule has 1 aromatic rings. The number of benzene rings is 1. The molecule has 0 spiro atoms. The fourth-order valence-electron chi connectivity index (χ4n) is 3.25. The summed E-state index contributed by atoms with van der Waals surface area (Å²) in [5.41, 5.74) is 0.644. The third kappa shape index (κ3) is 6.05. The van der Waals surface area contributed by atoms with E-state index in [4.69, 9.17) is 4.74 Å². The summed E-state index contributed by atoms with van der Waals surface area (Å²) in [7, 11) is 1.29. The van der Waals surface area contributed by atoms with Gasteiger partial charge in [0.05, 0.1) is 19.6 Å². The first-order valence-electron chi connectivity index (χ1n) is 9.35. The topological polar surface area (TPSA) is 75.7 Å². The molecule has 1 heterocycles. The largest absolute Gasteiger partial charge is 0.469 e. The highest BCUT2D eigenvalue weighted by molar-refractivity contribution is 5.81. The van der Waals surface area contributed by atoms with Crippen LogP contribution in [0.4, 0.5) is 4.39 Å². The van der Waals surface area contributed by atoms with E-state index in [1.54, 1.807) is 17.0 Å². The Morgan fingerprint density at radius 1 is 1.22 bits per heavy atom. The first-order chi connectivity index (χ1) is 12.9. The van der Waals surface area contributed by atoms with Gasteiger partial charge in [-0.2, -0.15) is 0 Å². The number of hydrogen-bond donors (Lipinski definition) is 1. The Balaban J connectivity index is 1.98. The number of carbonyl (C=O) groups is 3. The van der Waals surface area contributed by atoms with Crippen LogP contribution in [0.2, 0.25) is 0 Å². The Morgan fingerprint density at radius 3 is 2.41 bits per heavy atom. The first-order valence-corrected chi connectivity index (χ1v) is 9.35. The van der Waals surface area contributed by atoms with E-state index in [-0.39, 0.29) is 30.0 Å². The molecule has 0 aliphatic carbocycles. The van der Waals surface area contributed by atoms with Crippen molar-refractivity contribution in [2.75, 3.05) is 20.2 Å². The average Bonchev–Trinajstić information content (AvgIpc) is 2.68. The van der Waals surface area contributed by atoms with Crippen LogP contribution in [0.25, 0.3) is 0 Å². The molecule has 1 aliphatic rings. The monoisotopic (exact) mass is 378 g/mol. The average molecular weight is 378 g/mol. The maximum absolute atomic E-state index is 13.2. The number of amides is 2. The Morgan fingerprint density at radius 2 is 1.85 bits per heavy atom. The lowest BCUT2D eigenvalue weighted by atomic mass is 9.94. The molecule has 27 heavy (non-hydrogen) atoms. The van der Waals surface area contributed by atoms with Gasteiger partial charge in [0.25, 0.3) is 0 Å². The smallest absolute Gasteiger partial charge is 0.307 e. The summed E-state index contributed by atoms with van der Waals surface area (Å²) in [5, 5.41) is 2.89. The number of nitrogens with one attached hydrogen (secondary N) is 1. The van der Waals surface area contributed by atoms with Gasteiger partial charge in [0.15, 0.2) is 0 Å². The zero-order valence-electron chi connectivity index (χ0n) is 15.9. The number of piperidine rings is 1. The van der Waals surface area contributed by atoms with Crippen molar-refractivity contribution >= 4 is 17.8 Å². The molecule has 1 fully saturated rings. The third-order valence-electron chi connectivity index (χ3n) is 4.87. The predicted octanol–water partition coefficient (Wildman–Crippen LogP) is 2.58. The van der Waals surface area contributed by atoms with Gasteiger partial charge in [-0.1, -0.05) is 19.1 Å². The first kappa shape index (κ1) is 20.9. The molecule has 1 aromatic carbocycles. The Bertz CT molecular complexity index is 654. The van der Waals surface area contributed by atoms with E-state index in [1.807, 2.05) is 6.92 Å². The lowest BCUT2D eigenvalue weighted by molar-refractivity contribution is -0.142. The number of likely N-dealkylation sites (tertiary alicyclic amines) is 1. The highest BCUT2D eigenvalue weighted by atomic mass is 19.1. The molecule has 1 unspecified atom stereocenters. The zero-order valence-corrected chi connectivity index (χ0v) is 15.9. The van der Waals surface area contributed by atoms with Crippen molar-refractivity contribution in [3.05, 3.63) is 35.6 Å². The number of methoxy groups -OCH3 is 1. The van der Waals surface area contributed by atoms with Gasteiger partial charge in [-0.3, -0.25) is 14.4 Å². The molecule has 0 saturated carbocycles. The Labute approximate surface area is 159 Å². The molecule has 0 bridgehead atoms. The van der Waals surface area contributed by atoms with E-state index in [0.717, 1.165) is 6.42 Å². The van der Waals surface area contributed by atoms with Crippen LogP contribution in [0.1, 0.15) is 50.6 Å². The van der Waals surface area contributed by atoms with Crippen LogP contribution in [0.3, 0.4) is 0 Å². The number of nitrogens with zero attached hydrogens (tertiary/aromatic N) is 1. The van der Waals surface area contributed by atoms with Crippen LogP contribution in [0.15, 0.2) is 24.3 Å². The number of esters is 1. The van der Waals surface area contributed by atoms with Crippen LogP contribution in [0.5, 0.6) is 0 Å². The fraction of sp³-hybridized carbons (Fsp3) is 0.550. The number of hydrogen-bond acceptors (Lipinski definition) is 4. The molecule has 1 atom stereocenters. The number of ether oxygens (including phenoxy) is 1. The Hall–Kier alpha value is -2.44. The molecular formula is C20H27FN2O4. The van der Waals surface area contributed by atoms with Crippen molar-refractivity contribution < 1.29 is 23.5 Å². The minimum Gasteiger partial charge on any atom is -0.469 e. The van der Waals surface area contributed by atoms with E-state index < -0.39 is 12.0 Å². The standard InChI is InChI=1S/C20H27FN2O4/c1-3-4-18(24)23-11-9-15(10-12-23)20(26)22-17(13-19(25)27-2)14-5-7-16(21)8-6-14/h5-8,15,17H,3-4,9-13H2,1-2H3,(H,22,26). The van der Waals surface area contributed by atoms with Gasteiger partial charge < -0.3 is 15.0 Å². The van der Waals surface area contributed by atoms with Gasteiger partial charge in [-0.15, -0.1) is 0 Å². The molecule has 1 N–H and O–H groups in total. The molecule has 2 rings (SSSR count). The number of carbonyl (C=O) groups excluding carboxylic acids is 3. The van der Waals surface area contributed by atoms with E-state index in [0.29, 0.717) is 37.9 Å². The molecule has 0 aromatic heterocycles. The maximum atomic E-state index is 13.2. The summed E-state index contributed by atoms with van der Waals surface area (Å²) in [6.07, 6.45) is 2.50. The lowest BCUT2D eigenvalue weighted by Crippen LogP contribution is -2.43. The van der Waals surface area contributed by atoms with Crippen LogP contribution >= 0.6 is 0 Å². The van der Waals surface area contributed by atoms with Gasteiger partial charge in [-0.05, 0) is 37.0 Å². The third-order valence-corrected chi connectivity index (χ3v) is 4.87. The van der Waals surface area contributed by atoms with Crippen LogP contribution in [-0.4, -0.2) is 42.9 Å². The van der Waals surface area contributed by atoms with E-state index in [2.05, 4.69) is 5.32 Å². The van der Waals surface area contributed by atoms with Crippen molar-refractivity contribution in [1.29, 1.82) is 0 Å². The minimum atomic E-state index is -0.578. The summed E-state index contributed by atoms with van der Waals surface area (Å²) < 4.78 is 17.9. The van der Waals surface area contributed by atoms with Gasteiger partial charge >= 0.3 is 5.97 Å². The van der Waals surface area contributed by atoms with Crippen LogP contribution < -0.4 is 5.32 Å². The minimum absolute atomic E-state index is 0.0261. The molecule has 2 amide bonds. The van der Waals surface area contributed by atoms with E-state index >= 15 is 0 Å². The summed E-state index contributed by atoms with van der Waals surface area (Å²) in [6, 6.07) is 5.11. The second-order valence-corrected chi connectivity index (χ2v) is 6.80. The van der Waals surface area contributed by atoms with Crippen molar-refractivity contribution in [1.82, 2.24) is 10.2 Å². The quantitative estimate of drug-likeness (QED) is 0.740. The number of rotatable bonds is 7. The highest BCUT2D eigenvalue weighted by Crippen LogP contribution is 2.22. The van der Waals surface area contributed by atoms with Crippen molar-refractivity contribution in [3.8, 4) is 0 Å². The second kappa shape index (κ2) is 10.0. The van der Waals surface area contributed by atoms with Gasteiger partial charge in [0.1, 0.15) is 5.82 Å². The van der Waals surface area contributed by atoms with Crippen molar-refractivity contribution in [3.63, 3.8) is 0 Å². The summed E-state index contributed by atoms with van der Waals surface area (Å²) in [4.78, 5) is 38.2. The van der Waals surface area contributed by atoms with E-state index in [9.17, 15) is 18.8 Å². The second-order valence-electron chi connectivity index (χ2n) is 6.80. The molecular weight excluding hydrogens is 351 g/mol. The summed E-state index contributed by atoms with van der Waals surface area (Å²) in [5.74, 6) is -1.08. The lowest BCUT2D eigenvalue weighted by Gasteiger charge is -2.32. The fourth-order valence-corrected chi connectivity index (χ4v) is 3.25. The highest BCUT2D eigenvalue weighted by Gasteiger charge is 2.29.